The van der Waals surface area contributed by atoms with Crippen LogP contribution in [0, 0.1) is 11.8 Å². The van der Waals surface area contributed by atoms with E-state index in [-0.39, 0.29) is 6.10 Å². The maximum absolute atomic E-state index is 6.82. The molecule has 0 N–H and O–H groups in total. The van der Waals surface area contributed by atoms with Gasteiger partial charge in [-0.1, -0.05) is 43.6 Å². The number of hydrogen-bond donors (Lipinski definition) is 0. The molecule has 0 amide bonds. The van der Waals surface area contributed by atoms with Crippen molar-refractivity contribution in [2.45, 2.75) is 71.8 Å². The van der Waals surface area contributed by atoms with E-state index in [9.17, 15) is 0 Å². The molecular weight excluding hydrogens is 380 g/mol. The van der Waals surface area contributed by atoms with Crippen LogP contribution in [0.4, 0.5) is 0 Å². The lowest BCUT2D eigenvalue weighted by Gasteiger charge is -2.33. The van der Waals surface area contributed by atoms with Crippen molar-refractivity contribution >= 4 is 11.6 Å². The Morgan fingerprint density at radius 1 is 1.07 bits per heavy atom. The summed E-state index contributed by atoms with van der Waals surface area (Å²) in [6.45, 7) is 9.65. The van der Waals surface area contributed by atoms with Gasteiger partial charge < -0.3 is 9.47 Å². The number of rotatable bonds is 5. The molecule has 3 heteroatoms. The third-order valence-electron chi connectivity index (χ3n) is 6.34. The molecule has 1 heterocycles. The lowest BCUT2D eigenvalue weighted by atomic mass is 9.72. The molecule has 156 valence electrons. The second kappa shape index (κ2) is 8.60. The third kappa shape index (κ3) is 4.58. The Labute approximate surface area is 180 Å². The van der Waals surface area contributed by atoms with Gasteiger partial charge in [0, 0.05) is 12.0 Å². The van der Waals surface area contributed by atoms with Gasteiger partial charge in [-0.15, -0.1) is 0 Å². The molecule has 1 fully saturated rings. The lowest BCUT2D eigenvalue weighted by Crippen LogP contribution is -2.19. The Hall–Kier alpha value is -1.67. The van der Waals surface area contributed by atoms with Gasteiger partial charge in [-0.2, -0.15) is 0 Å². The van der Waals surface area contributed by atoms with Crippen LogP contribution in [-0.2, 0) is 12.8 Å². The molecule has 4 rings (SSSR count). The van der Waals surface area contributed by atoms with Crippen LogP contribution >= 0.6 is 11.6 Å². The fourth-order valence-electron chi connectivity index (χ4n) is 5.28. The quantitative estimate of drug-likeness (QED) is 0.517. The minimum absolute atomic E-state index is 0.187. The van der Waals surface area contributed by atoms with Crippen LogP contribution in [0.5, 0.6) is 11.5 Å². The molecule has 2 aliphatic rings. The molecule has 0 bridgehead atoms. The fourth-order valence-corrected chi connectivity index (χ4v) is 5.57. The summed E-state index contributed by atoms with van der Waals surface area (Å²) in [7, 11) is 0. The summed E-state index contributed by atoms with van der Waals surface area (Å²) in [5.74, 6) is 4.06. The minimum Gasteiger partial charge on any atom is -0.491 e. The van der Waals surface area contributed by atoms with Gasteiger partial charge >= 0.3 is 0 Å². The molecule has 2 aromatic carbocycles. The van der Waals surface area contributed by atoms with E-state index in [1.54, 1.807) is 0 Å². The molecular formula is C26H33ClO2. The van der Waals surface area contributed by atoms with Crippen LogP contribution in [0.15, 0.2) is 30.3 Å². The second-order valence-electron chi connectivity index (χ2n) is 9.45. The number of benzene rings is 2. The Bertz CT molecular complexity index is 846. The van der Waals surface area contributed by atoms with Gasteiger partial charge in [0.1, 0.15) is 11.5 Å². The Kier molecular flexibility index (Phi) is 6.11. The van der Waals surface area contributed by atoms with E-state index in [1.165, 1.54) is 41.5 Å². The molecule has 2 aromatic rings. The first-order valence-electron chi connectivity index (χ1n) is 11.1. The van der Waals surface area contributed by atoms with Crippen molar-refractivity contribution in [3.8, 4) is 11.5 Å². The lowest BCUT2D eigenvalue weighted by molar-refractivity contribution is 0.242. The molecule has 2 unspecified atom stereocenters. The molecule has 2 nitrogen and oxygen atoms in total. The molecule has 0 saturated heterocycles. The highest BCUT2D eigenvalue weighted by Gasteiger charge is 2.31. The summed E-state index contributed by atoms with van der Waals surface area (Å²) < 4.78 is 11.8. The van der Waals surface area contributed by atoms with Gasteiger partial charge in [0.05, 0.1) is 17.7 Å². The van der Waals surface area contributed by atoms with Crippen molar-refractivity contribution in [1.82, 2.24) is 0 Å². The van der Waals surface area contributed by atoms with Gasteiger partial charge in [0.2, 0.25) is 0 Å². The zero-order valence-corrected chi connectivity index (χ0v) is 18.9. The van der Waals surface area contributed by atoms with Gasteiger partial charge in [0.15, 0.2) is 0 Å². The van der Waals surface area contributed by atoms with Crippen LogP contribution in [0.25, 0.3) is 0 Å². The zero-order valence-electron chi connectivity index (χ0n) is 18.1. The predicted octanol–water partition coefficient (Wildman–Crippen LogP) is 7.19. The van der Waals surface area contributed by atoms with Crippen LogP contribution in [0.2, 0.25) is 5.02 Å². The number of fused-ring (bicyclic) bond motifs is 1. The van der Waals surface area contributed by atoms with Gasteiger partial charge in [0.25, 0.3) is 0 Å². The Morgan fingerprint density at radius 3 is 2.41 bits per heavy atom. The molecule has 1 aliphatic heterocycles. The third-order valence-corrected chi connectivity index (χ3v) is 6.75. The summed E-state index contributed by atoms with van der Waals surface area (Å²) in [6, 6.07) is 10.8. The van der Waals surface area contributed by atoms with E-state index in [4.69, 9.17) is 21.1 Å². The summed E-state index contributed by atoms with van der Waals surface area (Å²) in [6.07, 6.45) is 5.90. The molecule has 0 radical (unpaired) electrons. The monoisotopic (exact) mass is 412 g/mol. The van der Waals surface area contributed by atoms with E-state index >= 15 is 0 Å². The van der Waals surface area contributed by atoms with E-state index in [2.05, 4.69) is 44.2 Å². The fraction of sp³-hybridized carbons (Fsp3) is 0.538. The Morgan fingerprint density at radius 2 is 1.76 bits per heavy atom. The van der Waals surface area contributed by atoms with Gasteiger partial charge in [-0.3, -0.25) is 0 Å². The maximum Gasteiger partial charge on any atom is 0.141 e. The van der Waals surface area contributed by atoms with Crippen LogP contribution in [-0.4, -0.2) is 12.7 Å². The average Bonchev–Trinajstić information content (AvgIpc) is 3.14. The van der Waals surface area contributed by atoms with Crippen molar-refractivity contribution in [3.05, 3.63) is 57.6 Å². The second-order valence-corrected chi connectivity index (χ2v) is 9.82. The molecule has 29 heavy (non-hydrogen) atoms. The van der Waals surface area contributed by atoms with Crippen molar-refractivity contribution in [1.29, 1.82) is 0 Å². The predicted molar refractivity (Wildman–Crippen MR) is 121 cm³/mol. The SMILES string of the molecule is CC1CC(C)CC(c2cc(Cc3ccc(OC(C)C)cc3)c(Cl)c3c2CCO3)C1. The largest absolute Gasteiger partial charge is 0.491 e. The van der Waals surface area contributed by atoms with E-state index < -0.39 is 0 Å². The first kappa shape index (κ1) is 20.6. The smallest absolute Gasteiger partial charge is 0.141 e. The first-order chi connectivity index (χ1) is 13.9. The molecule has 2 atom stereocenters. The number of halogens is 1. The highest BCUT2D eigenvalue weighted by Crippen LogP contribution is 2.47. The van der Waals surface area contributed by atoms with E-state index in [0.717, 1.165) is 47.8 Å². The Balaban J connectivity index is 1.64. The number of hydrogen-bond acceptors (Lipinski definition) is 2. The van der Waals surface area contributed by atoms with Crippen molar-refractivity contribution in [2.75, 3.05) is 6.61 Å². The molecule has 1 saturated carbocycles. The highest BCUT2D eigenvalue weighted by molar-refractivity contribution is 6.33. The number of ether oxygens (including phenoxy) is 2. The van der Waals surface area contributed by atoms with Crippen molar-refractivity contribution < 1.29 is 9.47 Å². The molecule has 0 aromatic heterocycles. The maximum atomic E-state index is 6.82. The van der Waals surface area contributed by atoms with Crippen molar-refractivity contribution in [3.63, 3.8) is 0 Å². The van der Waals surface area contributed by atoms with Crippen LogP contribution < -0.4 is 9.47 Å². The highest BCUT2D eigenvalue weighted by atomic mass is 35.5. The van der Waals surface area contributed by atoms with Gasteiger partial charge in [-0.05, 0) is 86.1 Å². The minimum atomic E-state index is 0.187. The van der Waals surface area contributed by atoms with Crippen LogP contribution in [0.3, 0.4) is 0 Å². The first-order valence-corrected chi connectivity index (χ1v) is 11.5. The summed E-state index contributed by atoms with van der Waals surface area (Å²) in [5.41, 5.74) is 5.30. The zero-order chi connectivity index (χ0) is 20.5. The van der Waals surface area contributed by atoms with Gasteiger partial charge in [-0.25, -0.2) is 0 Å². The van der Waals surface area contributed by atoms with E-state index in [0.29, 0.717) is 5.92 Å². The summed E-state index contributed by atoms with van der Waals surface area (Å²) in [5, 5.41) is 0.806. The standard InChI is InChI=1S/C26H33ClO2/c1-16(2)29-22-7-5-19(6-8-22)14-21-15-24(20-12-17(3)11-18(4)13-20)23-9-10-28-26(23)25(21)27/h5-8,15-18,20H,9-14H2,1-4H3. The van der Waals surface area contributed by atoms with Crippen molar-refractivity contribution in [2.24, 2.45) is 11.8 Å². The van der Waals surface area contributed by atoms with Crippen LogP contribution in [0.1, 0.15) is 75.1 Å². The van der Waals surface area contributed by atoms with E-state index in [1.807, 2.05) is 13.8 Å². The molecule has 1 aliphatic carbocycles. The summed E-state index contributed by atoms with van der Waals surface area (Å²) in [4.78, 5) is 0. The summed E-state index contributed by atoms with van der Waals surface area (Å²) >= 11 is 6.82. The normalized spacial score (nSPS) is 23.7. The topological polar surface area (TPSA) is 18.5 Å². The molecule has 0 spiro atoms. The average molecular weight is 413 g/mol.